The molecule has 1 unspecified atom stereocenters. The molecule has 3 rings (SSSR count). The third-order valence-electron chi connectivity index (χ3n) is 4.42. The summed E-state index contributed by atoms with van der Waals surface area (Å²) < 4.78 is 5.66. The molecule has 1 heterocycles. The van der Waals surface area contributed by atoms with Crippen LogP contribution < -0.4 is 0 Å². The van der Waals surface area contributed by atoms with Crippen LogP contribution in [0, 0.1) is 13.8 Å². The second-order valence-corrected chi connectivity index (χ2v) is 6.47. The van der Waals surface area contributed by atoms with Crippen LogP contribution in [-0.4, -0.2) is 15.9 Å². The molecule has 3 aromatic rings. The summed E-state index contributed by atoms with van der Waals surface area (Å²) in [4.78, 5) is 12.1. The molecule has 3 nitrogen and oxygen atoms in total. The number of aliphatic carboxylic acids is 1. The van der Waals surface area contributed by atoms with Crippen LogP contribution in [0.3, 0.4) is 0 Å². The number of benzene rings is 2. The number of carboxylic acids is 1. The highest BCUT2D eigenvalue weighted by Crippen LogP contribution is 2.33. The number of furan rings is 1. The highest BCUT2D eigenvalue weighted by molar-refractivity contribution is 7.81. The molecule has 0 spiro atoms. The minimum absolute atomic E-state index is 0.608. The molecule has 1 N–H and O–H groups in total. The fourth-order valence-corrected chi connectivity index (χ4v) is 3.31. The molecule has 0 saturated heterocycles. The Morgan fingerprint density at radius 1 is 1.17 bits per heavy atom. The number of carbonyl (C=O) groups is 1. The van der Waals surface area contributed by atoms with Gasteiger partial charge in [0.1, 0.15) is 5.58 Å². The lowest BCUT2D eigenvalue weighted by atomic mass is 9.88. The molecule has 0 bridgehead atoms. The molecule has 4 heteroatoms. The molecule has 0 aliphatic heterocycles. The smallest absolute Gasteiger partial charge is 0.310 e. The van der Waals surface area contributed by atoms with Crippen molar-refractivity contribution in [1.82, 2.24) is 0 Å². The predicted octanol–water partition coefficient (Wildman–Crippen LogP) is 5.00. The Morgan fingerprint density at radius 3 is 2.46 bits per heavy atom. The van der Waals surface area contributed by atoms with Gasteiger partial charge in [-0.15, -0.1) is 0 Å². The quantitative estimate of drug-likeness (QED) is 0.537. The predicted molar refractivity (Wildman–Crippen MR) is 99.0 cm³/mol. The van der Waals surface area contributed by atoms with Gasteiger partial charge in [0, 0.05) is 10.9 Å². The van der Waals surface area contributed by atoms with Gasteiger partial charge in [0.05, 0.1) is 17.0 Å². The minimum atomic E-state index is -0.854. The molecule has 0 saturated carbocycles. The molecule has 1 aromatic heterocycles. The molecule has 0 amide bonds. The summed E-state index contributed by atoms with van der Waals surface area (Å²) in [5.74, 6) is -1.46. The topological polar surface area (TPSA) is 50.4 Å². The third-order valence-corrected chi connectivity index (χ3v) is 4.86. The van der Waals surface area contributed by atoms with Gasteiger partial charge in [-0.1, -0.05) is 42.0 Å². The highest BCUT2D eigenvalue weighted by Gasteiger charge is 2.23. The van der Waals surface area contributed by atoms with Crippen LogP contribution >= 0.6 is 12.2 Å². The Balaban J connectivity index is 2.24. The number of carboxylic acid groups (broad SMARTS) is 1. The first-order valence-corrected chi connectivity index (χ1v) is 8.16. The average Bonchev–Trinajstić information content (AvgIpc) is 3.01. The van der Waals surface area contributed by atoms with Crippen molar-refractivity contribution in [3.8, 4) is 0 Å². The van der Waals surface area contributed by atoms with Crippen LogP contribution in [0.1, 0.15) is 40.7 Å². The van der Waals surface area contributed by atoms with E-state index >= 15 is 0 Å². The monoisotopic (exact) mass is 338 g/mol. The number of hydrogen-bond donors (Lipinski definition) is 1. The lowest BCUT2D eigenvalue weighted by molar-refractivity contribution is -0.138. The van der Waals surface area contributed by atoms with Crippen molar-refractivity contribution in [2.24, 2.45) is 0 Å². The van der Waals surface area contributed by atoms with E-state index in [1.54, 1.807) is 13.2 Å². The molecule has 1 atom stereocenters. The molecule has 0 aliphatic rings. The van der Waals surface area contributed by atoms with E-state index in [0.29, 0.717) is 10.4 Å². The van der Waals surface area contributed by atoms with Gasteiger partial charge in [-0.3, -0.25) is 4.79 Å². The fourth-order valence-electron chi connectivity index (χ4n) is 2.93. The Hall–Kier alpha value is -2.46. The van der Waals surface area contributed by atoms with E-state index in [2.05, 4.69) is 0 Å². The second-order valence-electron chi connectivity index (χ2n) is 6.06. The van der Waals surface area contributed by atoms with E-state index in [1.807, 2.05) is 50.2 Å². The molecule has 122 valence electrons. The van der Waals surface area contributed by atoms with Gasteiger partial charge in [-0.25, -0.2) is 0 Å². The molecule has 2 aromatic carbocycles. The summed E-state index contributed by atoms with van der Waals surface area (Å²) >= 11 is 5.72. The van der Waals surface area contributed by atoms with E-state index in [9.17, 15) is 9.90 Å². The first-order chi connectivity index (χ1) is 11.4. The van der Waals surface area contributed by atoms with E-state index < -0.39 is 11.9 Å². The maximum Gasteiger partial charge on any atom is 0.310 e. The number of fused-ring (bicyclic) bond motifs is 1. The van der Waals surface area contributed by atoms with Crippen molar-refractivity contribution in [3.63, 3.8) is 0 Å². The van der Waals surface area contributed by atoms with E-state index in [4.69, 9.17) is 16.6 Å². The van der Waals surface area contributed by atoms with Gasteiger partial charge in [0.25, 0.3) is 0 Å². The van der Waals surface area contributed by atoms with Gasteiger partial charge in [0.2, 0.25) is 0 Å². The first-order valence-electron chi connectivity index (χ1n) is 7.75. The Bertz CT molecular complexity index is 935. The summed E-state index contributed by atoms with van der Waals surface area (Å²) in [5.41, 5.74) is 5.23. The Kier molecular flexibility index (Phi) is 4.24. The Labute approximate surface area is 145 Å². The lowest BCUT2D eigenvalue weighted by Crippen LogP contribution is -2.12. The number of hydrogen-bond acceptors (Lipinski definition) is 3. The molecule has 0 fully saturated rings. The maximum atomic E-state index is 11.5. The zero-order valence-electron chi connectivity index (χ0n) is 13.8. The van der Waals surface area contributed by atoms with Crippen LogP contribution in [-0.2, 0) is 4.79 Å². The normalized spacial score (nSPS) is 12.3. The zero-order valence-corrected chi connectivity index (χ0v) is 14.6. The van der Waals surface area contributed by atoms with E-state index in [0.717, 1.165) is 33.2 Å². The van der Waals surface area contributed by atoms with Gasteiger partial charge >= 0.3 is 5.97 Å². The Morgan fingerprint density at radius 2 is 1.83 bits per heavy atom. The molecule has 0 aliphatic carbocycles. The van der Waals surface area contributed by atoms with Crippen LogP contribution in [0.15, 0.2) is 47.1 Å². The van der Waals surface area contributed by atoms with Gasteiger partial charge in [0.15, 0.2) is 0 Å². The standard InChI is InChI=1S/C20H18O3S/c1-11-4-6-14(7-5-11)19(24)17-12(2)16(13(3)20(21)22)10-15-8-9-23-18(15)17/h4-10,13H,1-3H3,(H,21,22). The van der Waals surface area contributed by atoms with Crippen molar-refractivity contribution in [1.29, 1.82) is 0 Å². The van der Waals surface area contributed by atoms with Crippen molar-refractivity contribution >= 4 is 34.0 Å². The zero-order chi connectivity index (χ0) is 17.4. The minimum Gasteiger partial charge on any atom is -0.481 e. The van der Waals surface area contributed by atoms with Gasteiger partial charge in [-0.05, 0) is 49.6 Å². The maximum absolute atomic E-state index is 11.5. The van der Waals surface area contributed by atoms with Crippen molar-refractivity contribution in [3.05, 3.63) is 70.5 Å². The van der Waals surface area contributed by atoms with E-state index in [1.165, 1.54) is 0 Å². The summed E-state index contributed by atoms with van der Waals surface area (Å²) in [6, 6.07) is 11.7. The van der Waals surface area contributed by atoms with Crippen LogP contribution in [0.25, 0.3) is 11.0 Å². The molecular formula is C20H18O3S. The molecular weight excluding hydrogens is 320 g/mol. The third kappa shape index (κ3) is 2.74. The largest absolute Gasteiger partial charge is 0.481 e. The van der Waals surface area contributed by atoms with Crippen LogP contribution in [0.5, 0.6) is 0 Å². The van der Waals surface area contributed by atoms with Crippen molar-refractivity contribution in [2.75, 3.05) is 0 Å². The second kappa shape index (κ2) is 6.21. The summed E-state index contributed by atoms with van der Waals surface area (Å²) in [6.07, 6.45) is 1.61. The van der Waals surface area contributed by atoms with Gasteiger partial charge < -0.3 is 9.52 Å². The molecule has 24 heavy (non-hydrogen) atoms. The van der Waals surface area contributed by atoms with Crippen molar-refractivity contribution < 1.29 is 14.3 Å². The summed E-state index contributed by atoms with van der Waals surface area (Å²) in [6.45, 7) is 5.62. The fraction of sp³-hybridized carbons (Fsp3) is 0.200. The van der Waals surface area contributed by atoms with Crippen molar-refractivity contribution in [2.45, 2.75) is 26.7 Å². The number of rotatable bonds is 4. The number of thiocarbonyl (C=S) groups is 1. The SMILES string of the molecule is Cc1ccc(C(=S)c2c(C)c(C(C)C(=O)O)cc3ccoc23)cc1. The lowest BCUT2D eigenvalue weighted by Gasteiger charge is -2.16. The van der Waals surface area contributed by atoms with Crippen LogP contribution in [0.4, 0.5) is 0 Å². The summed E-state index contributed by atoms with van der Waals surface area (Å²) in [5, 5.41) is 10.3. The summed E-state index contributed by atoms with van der Waals surface area (Å²) in [7, 11) is 0. The highest BCUT2D eigenvalue weighted by atomic mass is 32.1. The first kappa shape index (κ1) is 16.4. The number of aryl methyl sites for hydroxylation is 1. The van der Waals surface area contributed by atoms with Crippen LogP contribution in [0.2, 0.25) is 0 Å². The van der Waals surface area contributed by atoms with Gasteiger partial charge in [-0.2, -0.15) is 0 Å². The average molecular weight is 338 g/mol. The molecule has 0 radical (unpaired) electrons. The van der Waals surface area contributed by atoms with E-state index in [-0.39, 0.29) is 0 Å².